The zero-order valence-corrected chi connectivity index (χ0v) is 5.84. The van der Waals surface area contributed by atoms with Crippen molar-refractivity contribution in [2.75, 3.05) is 12.7 Å². The van der Waals surface area contributed by atoms with E-state index in [0.29, 0.717) is 0 Å². The maximum Gasteiger partial charge on any atom is -0.00773 e. The van der Waals surface area contributed by atoms with Gasteiger partial charge in [-0.3, -0.25) is 0 Å². The Morgan fingerprint density at radius 3 is 2.29 bits per heavy atom. The van der Waals surface area contributed by atoms with Crippen molar-refractivity contribution in [2.45, 2.75) is 19.3 Å². The molecular formula is C5H14NP. The Morgan fingerprint density at radius 2 is 1.86 bits per heavy atom. The van der Waals surface area contributed by atoms with E-state index in [4.69, 9.17) is 5.73 Å². The molecule has 44 valence electrons. The predicted octanol–water partition coefficient (Wildman–Crippen LogP) is 0.990. The molecule has 0 saturated carbocycles. The molecule has 0 aromatic heterocycles. The van der Waals surface area contributed by atoms with Gasteiger partial charge in [0.1, 0.15) is 0 Å². The van der Waals surface area contributed by atoms with Gasteiger partial charge in [0, 0.05) is 0 Å². The number of hydrogen-bond acceptors (Lipinski definition) is 1. The summed E-state index contributed by atoms with van der Waals surface area (Å²) >= 11 is 0. The van der Waals surface area contributed by atoms with Crippen LogP contribution in [0.5, 0.6) is 0 Å². The standard InChI is InChI=1S/C5H14NP/c6-4-2-1-3-5-7/h1-7H2. The Kier molecular flexibility index (Phi) is 6.75. The molecule has 0 aromatic carbocycles. The minimum absolute atomic E-state index is 0.852. The zero-order chi connectivity index (χ0) is 5.54. The lowest BCUT2D eigenvalue weighted by Gasteiger charge is -1.90. The van der Waals surface area contributed by atoms with Gasteiger partial charge < -0.3 is 5.73 Å². The highest BCUT2D eigenvalue weighted by Crippen LogP contribution is 1.95. The van der Waals surface area contributed by atoms with E-state index in [0.717, 1.165) is 6.54 Å². The Bertz CT molecular complexity index is 27.3. The molecule has 0 bridgehead atoms. The highest BCUT2D eigenvalue weighted by Gasteiger charge is 1.80. The monoisotopic (exact) mass is 119 g/mol. The first-order valence-electron chi connectivity index (χ1n) is 2.82. The van der Waals surface area contributed by atoms with Crippen LogP contribution in [0.1, 0.15) is 19.3 Å². The second-order valence-electron chi connectivity index (χ2n) is 1.64. The van der Waals surface area contributed by atoms with Gasteiger partial charge in [0.25, 0.3) is 0 Å². The van der Waals surface area contributed by atoms with Gasteiger partial charge in [0.05, 0.1) is 0 Å². The van der Waals surface area contributed by atoms with Crippen LogP contribution in [0.15, 0.2) is 0 Å². The van der Waals surface area contributed by atoms with Crippen LogP contribution in [0.25, 0.3) is 0 Å². The van der Waals surface area contributed by atoms with Crippen LogP contribution in [0.2, 0.25) is 0 Å². The largest absolute Gasteiger partial charge is 0.330 e. The van der Waals surface area contributed by atoms with Gasteiger partial charge in [-0.05, 0) is 25.5 Å². The predicted molar refractivity (Wildman–Crippen MR) is 37.5 cm³/mol. The summed E-state index contributed by atoms with van der Waals surface area (Å²) in [5, 5.41) is 0. The van der Waals surface area contributed by atoms with E-state index in [2.05, 4.69) is 9.24 Å². The minimum atomic E-state index is 0.852. The summed E-state index contributed by atoms with van der Waals surface area (Å²) in [6.07, 6.45) is 5.01. The van der Waals surface area contributed by atoms with Crippen molar-refractivity contribution >= 4 is 9.24 Å². The van der Waals surface area contributed by atoms with Crippen molar-refractivity contribution in [1.82, 2.24) is 0 Å². The molecule has 2 heteroatoms. The average Bonchev–Trinajstić information content (AvgIpc) is 1.69. The summed E-state index contributed by atoms with van der Waals surface area (Å²) in [5.41, 5.74) is 5.26. The van der Waals surface area contributed by atoms with Gasteiger partial charge in [-0.2, -0.15) is 0 Å². The molecule has 0 radical (unpaired) electrons. The fourth-order valence-corrected chi connectivity index (χ4v) is 0.754. The van der Waals surface area contributed by atoms with E-state index in [9.17, 15) is 0 Å². The maximum absolute atomic E-state index is 5.26. The van der Waals surface area contributed by atoms with Gasteiger partial charge >= 0.3 is 0 Å². The van der Waals surface area contributed by atoms with Crippen LogP contribution in [-0.2, 0) is 0 Å². The third kappa shape index (κ3) is 6.39. The number of unbranched alkanes of at least 4 members (excludes halogenated alkanes) is 2. The molecule has 2 N–H and O–H groups in total. The molecule has 7 heavy (non-hydrogen) atoms. The van der Waals surface area contributed by atoms with Gasteiger partial charge in [-0.15, -0.1) is 9.24 Å². The molecule has 1 atom stereocenters. The third-order valence-electron chi connectivity index (χ3n) is 0.908. The molecule has 0 rings (SSSR count). The molecule has 0 spiro atoms. The second-order valence-corrected chi connectivity index (χ2v) is 2.22. The maximum atomic E-state index is 5.26. The lowest BCUT2D eigenvalue weighted by Crippen LogP contribution is -1.97. The summed E-state index contributed by atoms with van der Waals surface area (Å²) in [6, 6.07) is 0. The molecule has 0 aliphatic rings. The molecular weight excluding hydrogens is 105 g/mol. The van der Waals surface area contributed by atoms with Gasteiger partial charge in [-0.1, -0.05) is 6.42 Å². The Balaban J connectivity index is 2.45. The van der Waals surface area contributed by atoms with Gasteiger partial charge in [0.15, 0.2) is 0 Å². The summed E-state index contributed by atoms with van der Waals surface area (Å²) in [4.78, 5) is 0. The van der Waals surface area contributed by atoms with E-state index in [1.54, 1.807) is 0 Å². The smallest absolute Gasteiger partial charge is 0.00773 e. The molecule has 0 saturated heterocycles. The molecule has 1 unspecified atom stereocenters. The summed E-state index contributed by atoms with van der Waals surface area (Å²) in [5.74, 6) is 0. The number of hydrogen-bond donors (Lipinski definition) is 1. The molecule has 0 aromatic rings. The van der Waals surface area contributed by atoms with Crippen LogP contribution in [0, 0.1) is 0 Å². The van der Waals surface area contributed by atoms with Crippen LogP contribution in [0.4, 0.5) is 0 Å². The van der Waals surface area contributed by atoms with Crippen LogP contribution in [-0.4, -0.2) is 12.7 Å². The van der Waals surface area contributed by atoms with Crippen molar-refractivity contribution < 1.29 is 0 Å². The quantitative estimate of drug-likeness (QED) is 0.433. The van der Waals surface area contributed by atoms with Gasteiger partial charge in [-0.25, -0.2) is 0 Å². The molecule has 0 aliphatic heterocycles. The molecule has 0 amide bonds. The van der Waals surface area contributed by atoms with Crippen LogP contribution < -0.4 is 5.73 Å². The first-order valence-corrected chi connectivity index (χ1v) is 3.63. The Morgan fingerprint density at radius 1 is 1.14 bits per heavy atom. The van der Waals surface area contributed by atoms with Crippen molar-refractivity contribution in [1.29, 1.82) is 0 Å². The summed E-state index contributed by atoms with van der Waals surface area (Å²) in [7, 11) is 2.71. The normalized spacial score (nSPS) is 9.43. The van der Waals surface area contributed by atoms with Gasteiger partial charge in [0.2, 0.25) is 0 Å². The molecule has 0 aliphatic carbocycles. The van der Waals surface area contributed by atoms with E-state index >= 15 is 0 Å². The summed E-state index contributed by atoms with van der Waals surface area (Å²) in [6.45, 7) is 0.852. The summed E-state index contributed by atoms with van der Waals surface area (Å²) < 4.78 is 0. The zero-order valence-electron chi connectivity index (χ0n) is 4.69. The number of rotatable bonds is 4. The lowest BCUT2D eigenvalue weighted by molar-refractivity contribution is 0.732. The first kappa shape index (κ1) is 7.39. The Labute approximate surface area is 47.9 Å². The minimum Gasteiger partial charge on any atom is -0.330 e. The average molecular weight is 119 g/mol. The fraction of sp³-hybridized carbons (Fsp3) is 1.00. The van der Waals surface area contributed by atoms with Crippen molar-refractivity contribution in [3.63, 3.8) is 0 Å². The molecule has 0 heterocycles. The first-order chi connectivity index (χ1) is 3.41. The SMILES string of the molecule is NCCCCCP. The molecule has 0 fully saturated rings. The second kappa shape index (κ2) is 6.39. The number of nitrogens with two attached hydrogens (primary N) is 1. The van der Waals surface area contributed by atoms with E-state index in [1.165, 1.54) is 25.4 Å². The lowest BCUT2D eigenvalue weighted by atomic mass is 10.2. The van der Waals surface area contributed by atoms with Crippen LogP contribution >= 0.6 is 9.24 Å². The van der Waals surface area contributed by atoms with Crippen molar-refractivity contribution in [2.24, 2.45) is 5.73 Å². The third-order valence-corrected chi connectivity index (χ3v) is 1.32. The van der Waals surface area contributed by atoms with Crippen LogP contribution in [0.3, 0.4) is 0 Å². The van der Waals surface area contributed by atoms with E-state index in [1.807, 2.05) is 0 Å². The van der Waals surface area contributed by atoms with Crippen molar-refractivity contribution in [3.05, 3.63) is 0 Å². The Hall–Kier alpha value is 0.390. The molecule has 1 nitrogen and oxygen atoms in total. The highest BCUT2D eigenvalue weighted by molar-refractivity contribution is 7.16. The van der Waals surface area contributed by atoms with E-state index < -0.39 is 0 Å². The van der Waals surface area contributed by atoms with Crippen molar-refractivity contribution in [3.8, 4) is 0 Å². The van der Waals surface area contributed by atoms with E-state index in [-0.39, 0.29) is 0 Å². The highest BCUT2D eigenvalue weighted by atomic mass is 31.0. The topological polar surface area (TPSA) is 26.0 Å². The fourth-order valence-electron chi connectivity index (χ4n) is 0.465.